The molecule has 76 heavy (non-hydrogen) atoms. The molecule has 3 aliphatic heterocycles. The van der Waals surface area contributed by atoms with E-state index in [9.17, 15) is 24.0 Å². The van der Waals surface area contributed by atoms with Gasteiger partial charge in [-0.1, -0.05) is 151 Å². The second-order valence-electron chi connectivity index (χ2n) is 17.7. The number of fused-ring (bicyclic) bond motifs is 1. The fraction of sp³-hybridized carbons (Fsp3) is 0.217. The molecule has 0 bridgehead atoms. The maximum Gasteiger partial charge on any atom is 0.338 e. The third-order valence-electron chi connectivity index (χ3n) is 12.6. The number of hydrogen-bond acceptors (Lipinski definition) is 16. The molecule has 16 heteroatoms. The zero-order chi connectivity index (χ0) is 52.2. The molecule has 3 heterocycles. The number of carbonyl (C=O) groups excluding carboxylic acids is 5. The first-order chi connectivity index (χ1) is 37.3. The van der Waals surface area contributed by atoms with Crippen molar-refractivity contribution < 1.29 is 71.3 Å². The predicted octanol–water partition coefficient (Wildman–Crippen LogP) is 9.49. The lowest BCUT2D eigenvalue weighted by atomic mass is 9.95. The van der Waals surface area contributed by atoms with Crippen LogP contribution in [0.15, 0.2) is 217 Å². The molecule has 386 valence electrons. The average Bonchev–Trinajstić information content (AvgIpc) is 3.49. The Hall–Kier alpha value is -7.96. The van der Waals surface area contributed by atoms with Crippen LogP contribution in [0.4, 0.5) is 0 Å². The first-order valence-electron chi connectivity index (χ1n) is 24.5. The summed E-state index contributed by atoms with van der Waals surface area (Å²) in [4.78, 5) is 72.1. The van der Waals surface area contributed by atoms with Crippen LogP contribution in [0.5, 0.6) is 0 Å². The van der Waals surface area contributed by atoms with Crippen LogP contribution in [-0.2, 0) is 47.4 Å². The normalized spacial score (nSPS) is 24.9. The molecule has 15 nitrogen and oxygen atoms in total. The maximum absolute atomic E-state index is 14.5. The molecule has 0 amide bonds. The van der Waals surface area contributed by atoms with E-state index in [0.717, 1.165) is 4.90 Å². The fourth-order valence-electron chi connectivity index (χ4n) is 8.89. The van der Waals surface area contributed by atoms with Crippen molar-refractivity contribution in [2.24, 2.45) is 0 Å². The van der Waals surface area contributed by atoms with E-state index >= 15 is 0 Å². The van der Waals surface area contributed by atoms with Gasteiger partial charge in [0.25, 0.3) is 0 Å². The van der Waals surface area contributed by atoms with Crippen molar-refractivity contribution in [2.75, 3.05) is 13.2 Å². The Labute approximate surface area is 441 Å². The number of esters is 5. The van der Waals surface area contributed by atoms with Gasteiger partial charge in [0.15, 0.2) is 37.0 Å². The molecule has 7 aromatic rings. The van der Waals surface area contributed by atoms with E-state index in [-0.39, 0.29) is 34.4 Å². The number of benzene rings is 7. The lowest BCUT2D eigenvalue weighted by Gasteiger charge is -2.51. The highest BCUT2D eigenvalue weighted by molar-refractivity contribution is 7.99. The number of carbonyl (C=O) groups is 5. The molecule has 7 aromatic carbocycles. The van der Waals surface area contributed by atoms with Crippen LogP contribution in [0, 0.1) is 0 Å². The molecular weight excluding hydrogens is 993 g/mol. The second-order valence-corrected chi connectivity index (χ2v) is 18.9. The van der Waals surface area contributed by atoms with Gasteiger partial charge in [-0.3, -0.25) is 0 Å². The first-order valence-corrected chi connectivity index (χ1v) is 25.4. The van der Waals surface area contributed by atoms with Gasteiger partial charge in [0.2, 0.25) is 0 Å². The first kappa shape index (κ1) is 51.5. The molecule has 3 aliphatic rings. The van der Waals surface area contributed by atoms with Crippen LogP contribution in [-0.4, -0.2) is 104 Å². The van der Waals surface area contributed by atoms with Crippen molar-refractivity contribution in [3.8, 4) is 0 Å². The minimum atomic E-state index is -1.81. The molecule has 10 rings (SSSR count). The smallest absolute Gasteiger partial charge is 0.338 e. The van der Waals surface area contributed by atoms with Crippen LogP contribution < -0.4 is 0 Å². The van der Waals surface area contributed by atoms with Crippen molar-refractivity contribution in [2.45, 2.75) is 71.7 Å². The Kier molecular flexibility index (Phi) is 16.7. The third kappa shape index (κ3) is 12.4. The highest BCUT2D eigenvalue weighted by Crippen LogP contribution is 2.43. The molecule has 0 unspecified atom stereocenters. The quantitative estimate of drug-likeness (QED) is 0.0660. The van der Waals surface area contributed by atoms with E-state index in [1.54, 1.807) is 115 Å². The third-order valence-corrected chi connectivity index (χ3v) is 13.8. The van der Waals surface area contributed by atoms with Gasteiger partial charge in [0.1, 0.15) is 36.5 Å². The molecule has 0 aliphatic carbocycles. The van der Waals surface area contributed by atoms with Crippen LogP contribution in [0.1, 0.15) is 63.6 Å². The summed E-state index contributed by atoms with van der Waals surface area (Å²) in [7, 11) is 0. The molecule has 0 spiro atoms. The van der Waals surface area contributed by atoms with Crippen LogP contribution in [0.25, 0.3) is 0 Å². The number of ether oxygens (including phenoxy) is 10. The summed E-state index contributed by atoms with van der Waals surface area (Å²) >= 11 is 1.26. The Morgan fingerprint density at radius 2 is 0.829 bits per heavy atom. The average molecular weight is 1040 g/mol. The Balaban J connectivity index is 1.11. The van der Waals surface area contributed by atoms with Crippen molar-refractivity contribution >= 4 is 41.6 Å². The molecule has 3 fully saturated rings. The van der Waals surface area contributed by atoms with Crippen LogP contribution in [0.3, 0.4) is 0 Å². The predicted molar refractivity (Wildman–Crippen MR) is 274 cm³/mol. The lowest BCUT2D eigenvalue weighted by Crippen LogP contribution is -2.67. The molecule has 11 atom stereocenters. The summed E-state index contributed by atoms with van der Waals surface area (Å²) in [5, 5.41) is 0. The Bertz CT molecular complexity index is 3030. The van der Waals surface area contributed by atoms with Gasteiger partial charge >= 0.3 is 29.8 Å². The van der Waals surface area contributed by atoms with Gasteiger partial charge in [-0.15, -0.1) is 0 Å². The van der Waals surface area contributed by atoms with Crippen molar-refractivity contribution in [3.63, 3.8) is 0 Å². The topological polar surface area (TPSA) is 178 Å². The largest absolute Gasteiger partial charge is 0.459 e. The van der Waals surface area contributed by atoms with E-state index in [1.807, 2.05) is 60.7 Å². The molecule has 0 aromatic heterocycles. The van der Waals surface area contributed by atoms with Gasteiger partial charge in [0.05, 0.1) is 34.4 Å². The summed E-state index contributed by atoms with van der Waals surface area (Å²) in [5.41, 5.74) is 0.404. The van der Waals surface area contributed by atoms with E-state index in [4.69, 9.17) is 47.4 Å². The van der Waals surface area contributed by atoms with Crippen molar-refractivity contribution in [1.29, 1.82) is 0 Å². The standard InChI is InChI=1S/C60H50O15S/c61-53(38-22-8-1-9-23-38)66-36-45-47(70-54(62)39-24-10-2-11-25-39)49(71-55(63)40-26-12-3-13-27-40)51(72-56(64)41-28-14-4-15-29-41)59(68-45)75-50-48-46(37-67-58(74-48)43-32-18-6-19-33-43)69-60(76-44-34-20-7-21-35-44)52(50)73-57(65)42-30-16-5-17-31-42/h1-35,45-52,58-60H,36-37H2/t45-,46-,47-,48-,49+,50+,51+,52+,58-,59-,60-/m1/s1. The van der Waals surface area contributed by atoms with Gasteiger partial charge in [0, 0.05) is 10.5 Å². The van der Waals surface area contributed by atoms with Crippen molar-refractivity contribution in [1.82, 2.24) is 0 Å². The number of hydrogen-bond donors (Lipinski definition) is 0. The lowest BCUT2D eigenvalue weighted by molar-refractivity contribution is -0.364. The van der Waals surface area contributed by atoms with E-state index < -0.39 is 103 Å². The minimum Gasteiger partial charge on any atom is -0.459 e. The summed E-state index contributed by atoms with van der Waals surface area (Å²) in [5.74, 6) is -4.14. The van der Waals surface area contributed by atoms with Crippen LogP contribution >= 0.6 is 11.8 Å². The van der Waals surface area contributed by atoms with Gasteiger partial charge in [-0.25, -0.2) is 24.0 Å². The maximum atomic E-state index is 14.5. The number of rotatable bonds is 16. The highest BCUT2D eigenvalue weighted by atomic mass is 32.2. The zero-order valence-corrected chi connectivity index (χ0v) is 41.3. The zero-order valence-electron chi connectivity index (χ0n) is 40.5. The monoisotopic (exact) mass is 1040 g/mol. The van der Waals surface area contributed by atoms with Gasteiger partial charge < -0.3 is 47.4 Å². The summed E-state index contributed by atoms with van der Waals surface area (Å²) in [6.07, 6.45) is -14.2. The van der Waals surface area contributed by atoms with Gasteiger partial charge in [-0.05, 0) is 72.8 Å². The van der Waals surface area contributed by atoms with E-state index in [1.165, 1.54) is 48.2 Å². The highest BCUT2D eigenvalue weighted by Gasteiger charge is 2.59. The number of thioether (sulfide) groups is 1. The fourth-order valence-corrected chi connectivity index (χ4v) is 10.0. The summed E-state index contributed by atoms with van der Waals surface area (Å²) in [6, 6.07) is 59.2. The molecular formula is C60H50O15S. The minimum absolute atomic E-state index is 0.0138. The molecule has 0 radical (unpaired) electrons. The summed E-state index contributed by atoms with van der Waals surface area (Å²) in [6.45, 7) is -0.627. The summed E-state index contributed by atoms with van der Waals surface area (Å²) < 4.78 is 65.4. The van der Waals surface area contributed by atoms with Crippen LogP contribution in [0.2, 0.25) is 0 Å². The Morgan fingerprint density at radius 1 is 0.421 bits per heavy atom. The Morgan fingerprint density at radius 3 is 1.32 bits per heavy atom. The molecule has 0 saturated carbocycles. The van der Waals surface area contributed by atoms with Gasteiger partial charge in [-0.2, -0.15) is 0 Å². The van der Waals surface area contributed by atoms with E-state index in [2.05, 4.69) is 0 Å². The SMILES string of the molecule is O=C(OC[C@H]1O[C@H](O[C@@H]2[C@H](OC(=O)c3ccccc3)[C@@H](Sc3ccccc3)O[C@@H]3CO[C@@H](c4ccccc4)O[C@@H]23)[C@@H](OC(=O)c2ccccc2)[C@@H](OC(=O)c2ccccc2)[C@@H]1OC(=O)c1ccccc1)c1ccccc1. The molecule has 3 saturated heterocycles. The second kappa shape index (κ2) is 24.6. The molecule has 0 N–H and O–H groups in total. The van der Waals surface area contributed by atoms with Crippen molar-refractivity contribution in [3.05, 3.63) is 246 Å². The van der Waals surface area contributed by atoms with E-state index in [0.29, 0.717) is 5.56 Å².